The average molecular weight is 494 g/mol. The van der Waals surface area contributed by atoms with Crippen molar-refractivity contribution in [1.82, 2.24) is 9.55 Å². The highest BCUT2D eigenvalue weighted by Crippen LogP contribution is 2.33. The molecule has 0 amide bonds. The van der Waals surface area contributed by atoms with Crippen molar-refractivity contribution in [3.8, 4) is 11.8 Å². The van der Waals surface area contributed by atoms with E-state index in [2.05, 4.69) is 9.82 Å². The lowest BCUT2D eigenvalue weighted by molar-refractivity contribution is -0.713. The Morgan fingerprint density at radius 2 is 2.00 bits per heavy atom. The molecule has 9 nitrogen and oxygen atoms in total. The zero-order valence-corrected chi connectivity index (χ0v) is 18.9. The summed E-state index contributed by atoms with van der Waals surface area (Å²) >= 11 is 12.1. The topological polar surface area (TPSA) is 97.9 Å². The van der Waals surface area contributed by atoms with Crippen LogP contribution in [-0.4, -0.2) is 39.7 Å². The van der Waals surface area contributed by atoms with Crippen molar-refractivity contribution in [3.63, 3.8) is 0 Å². The molecule has 0 bridgehead atoms. The van der Waals surface area contributed by atoms with E-state index in [1.54, 1.807) is 18.3 Å². The van der Waals surface area contributed by atoms with Crippen molar-refractivity contribution < 1.29 is 24.1 Å². The van der Waals surface area contributed by atoms with Crippen LogP contribution in [0.1, 0.15) is 12.0 Å². The normalized spacial score (nSPS) is 20.0. The van der Waals surface area contributed by atoms with E-state index < -0.39 is 10.9 Å². The second kappa shape index (κ2) is 10.4. The van der Waals surface area contributed by atoms with Crippen LogP contribution in [0.15, 0.2) is 60.9 Å². The van der Waals surface area contributed by atoms with Gasteiger partial charge in [-0.2, -0.15) is 0 Å². The number of aryl methyl sites for hydroxylation is 1. The molecule has 0 spiro atoms. The second-order valence-corrected chi connectivity index (χ2v) is 8.33. The third-order valence-electron chi connectivity index (χ3n) is 5.13. The van der Waals surface area contributed by atoms with E-state index in [4.69, 9.17) is 37.4 Å². The molecular weight excluding hydrogens is 473 g/mol. The largest absolute Gasteiger partial charge is 0.489 e. The predicted octanol–water partition coefficient (Wildman–Crippen LogP) is 4.58. The molecule has 2 heterocycles. The Morgan fingerprint density at radius 3 is 2.76 bits per heavy atom. The first kappa shape index (κ1) is 23.3. The Bertz CT molecular complexity index is 1090. The highest BCUT2D eigenvalue weighted by atomic mass is 35.5. The number of hydrogen-bond acceptors (Lipinski definition) is 7. The molecule has 3 aromatic rings. The fraction of sp³-hybridized carbons (Fsp3) is 0.318. The minimum atomic E-state index is -1.07. The minimum absolute atomic E-state index is 0.145. The summed E-state index contributed by atoms with van der Waals surface area (Å²) in [6.45, 7) is 0.659. The number of rotatable bonds is 10. The third-order valence-corrected chi connectivity index (χ3v) is 5.69. The summed E-state index contributed by atoms with van der Waals surface area (Å²) in [5.74, 6) is -0.512. The number of imidazole rings is 1. The number of benzene rings is 2. The smallest absolute Gasteiger partial charge is 0.302 e. The van der Waals surface area contributed by atoms with Gasteiger partial charge in [-0.15, -0.1) is 10.1 Å². The minimum Gasteiger partial charge on any atom is -0.489 e. The molecule has 0 saturated carbocycles. The van der Waals surface area contributed by atoms with Gasteiger partial charge in [0.2, 0.25) is 0 Å². The molecule has 1 aromatic heterocycles. The maximum absolute atomic E-state index is 10.8. The van der Waals surface area contributed by atoms with Crippen molar-refractivity contribution in [3.05, 3.63) is 86.6 Å². The van der Waals surface area contributed by atoms with Crippen LogP contribution in [0.2, 0.25) is 10.0 Å². The predicted molar refractivity (Wildman–Crippen MR) is 120 cm³/mol. The quantitative estimate of drug-likeness (QED) is 0.301. The van der Waals surface area contributed by atoms with Crippen molar-refractivity contribution in [2.24, 2.45) is 0 Å². The molecule has 0 aliphatic carbocycles. The molecule has 11 heteroatoms. The zero-order chi connectivity index (χ0) is 23.3. The number of para-hydroxylation sites is 1. The van der Waals surface area contributed by atoms with E-state index in [1.165, 1.54) is 10.8 Å². The van der Waals surface area contributed by atoms with Gasteiger partial charge >= 0.3 is 5.09 Å². The van der Waals surface area contributed by atoms with Crippen LogP contribution < -0.4 is 9.57 Å². The van der Waals surface area contributed by atoms with E-state index in [0.717, 1.165) is 5.56 Å². The monoisotopic (exact) mass is 493 g/mol. The fourth-order valence-corrected chi connectivity index (χ4v) is 3.88. The summed E-state index contributed by atoms with van der Waals surface area (Å²) in [6.07, 6.45) is 3.74. The molecule has 1 fully saturated rings. The third kappa shape index (κ3) is 6.14. The summed E-state index contributed by atoms with van der Waals surface area (Å²) in [5.41, 5.74) is 1.05. The van der Waals surface area contributed by atoms with E-state index >= 15 is 0 Å². The number of halogens is 2. The zero-order valence-electron chi connectivity index (χ0n) is 17.4. The van der Waals surface area contributed by atoms with Gasteiger partial charge in [0.05, 0.1) is 18.2 Å². The lowest BCUT2D eigenvalue weighted by atomic mass is 10.0. The molecule has 1 saturated heterocycles. The number of nitrogens with zero attached hydrogens (tertiary/aromatic N) is 3. The molecule has 174 valence electrons. The highest BCUT2D eigenvalue weighted by Gasteiger charge is 2.42. The fourth-order valence-electron chi connectivity index (χ4n) is 3.56. The van der Waals surface area contributed by atoms with Gasteiger partial charge in [0.1, 0.15) is 18.5 Å². The maximum Gasteiger partial charge on any atom is 0.302 e. The van der Waals surface area contributed by atoms with Crippen LogP contribution in [0.5, 0.6) is 11.8 Å². The van der Waals surface area contributed by atoms with Gasteiger partial charge in [0.15, 0.2) is 5.79 Å². The molecule has 33 heavy (non-hydrogen) atoms. The van der Waals surface area contributed by atoms with E-state index in [-0.39, 0.29) is 31.9 Å². The maximum atomic E-state index is 10.8. The number of hydrogen-bond donors (Lipinski definition) is 0. The van der Waals surface area contributed by atoms with Crippen molar-refractivity contribution in [2.75, 3.05) is 13.2 Å². The standard InChI is InChI=1S/C22H21Cl2N3O6/c23-17-7-5-16(6-8-17)9-10-22(15-26-12-11-25-21(26)33-27(28)29)31-14-18(32-22)13-30-20-4-2-1-3-19(20)24/h1-8,11-12,18H,9-10,13-15H2. The van der Waals surface area contributed by atoms with E-state index in [1.807, 2.05) is 36.4 Å². The first-order valence-electron chi connectivity index (χ1n) is 10.2. The molecule has 2 aromatic carbocycles. The summed E-state index contributed by atoms with van der Waals surface area (Å²) in [5, 5.41) is 11.1. The van der Waals surface area contributed by atoms with Crippen molar-refractivity contribution in [1.29, 1.82) is 0 Å². The van der Waals surface area contributed by atoms with Crippen LogP contribution in [0.25, 0.3) is 0 Å². The SMILES string of the molecule is O=[N+]([O-])Oc1nccn1CC1(CCc2ccc(Cl)cc2)OCC(COc2ccccc2Cl)O1. The second-order valence-electron chi connectivity index (χ2n) is 7.48. The highest BCUT2D eigenvalue weighted by molar-refractivity contribution is 6.32. The average Bonchev–Trinajstić information content (AvgIpc) is 3.40. The first-order chi connectivity index (χ1) is 15.9. The van der Waals surface area contributed by atoms with Gasteiger partial charge < -0.3 is 18.8 Å². The molecule has 1 aliphatic heterocycles. The Balaban J connectivity index is 1.48. The van der Waals surface area contributed by atoms with Crippen LogP contribution >= 0.6 is 23.2 Å². The Hall–Kier alpha value is -2.85. The molecule has 2 unspecified atom stereocenters. The van der Waals surface area contributed by atoms with Gasteiger partial charge in [-0.05, 0) is 36.2 Å². The van der Waals surface area contributed by atoms with E-state index in [0.29, 0.717) is 28.6 Å². The van der Waals surface area contributed by atoms with E-state index in [9.17, 15) is 10.1 Å². The van der Waals surface area contributed by atoms with Gasteiger partial charge in [-0.1, -0.05) is 47.5 Å². The van der Waals surface area contributed by atoms with Crippen LogP contribution in [0.4, 0.5) is 0 Å². The lowest BCUT2D eigenvalue weighted by Gasteiger charge is -2.29. The Labute approximate surface area is 199 Å². The Morgan fingerprint density at radius 1 is 1.21 bits per heavy atom. The molecule has 1 aliphatic rings. The van der Waals surface area contributed by atoms with Crippen molar-refractivity contribution in [2.45, 2.75) is 31.3 Å². The Kier molecular flexibility index (Phi) is 7.34. The summed E-state index contributed by atoms with van der Waals surface area (Å²) in [7, 11) is 0. The first-order valence-corrected chi connectivity index (χ1v) is 11.0. The van der Waals surface area contributed by atoms with Crippen LogP contribution in [0.3, 0.4) is 0 Å². The molecule has 0 radical (unpaired) electrons. The molecule has 4 rings (SSSR count). The van der Waals surface area contributed by atoms with Gasteiger partial charge in [0.25, 0.3) is 6.01 Å². The van der Waals surface area contributed by atoms with Gasteiger partial charge in [0, 0.05) is 23.8 Å². The summed E-state index contributed by atoms with van der Waals surface area (Å²) in [4.78, 5) is 19.3. The number of aromatic nitrogens is 2. The summed E-state index contributed by atoms with van der Waals surface area (Å²) in [6, 6.07) is 14.5. The molecule has 0 N–H and O–H groups in total. The molecular formula is C22H21Cl2N3O6. The van der Waals surface area contributed by atoms with Crippen molar-refractivity contribution >= 4 is 23.2 Å². The van der Waals surface area contributed by atoms with Crippen LogP contribution in [-0.2, 0) is 22.4 Å². The molecule has 2 atom stereocenters. The van der Waals surface area contributed by atoms with Crippen LogP contribution in [0, 0.1) is 10.1 Å². The van der Waals surface area contributed by atoms with Gasteiger partial charge in [-0.25, -0.2) is 9.82 Å². The lowest BCUT2D eigenvalue weighted by Crippen LogP contribution is -2.37. The summed E-state index contributed by atoms with van der Waals surface area (Å²) < 4.78 is 19.7. The van der Waals surface area contributed by atoms with Gasteiger partial charge in [-0.3, -0.25) is 0 Å². The number of ether oxygens (including phenoxy) is 3.